The van der Waals surface area contributed by atoms with Crippen LogP contribution in [0.1, 0.15) is 16.8 Å². The molecule has 0 atom stereocenters. The monoisotopic (exact) mass is 343 g/mol. The number of hydrogen-bond acceptors (Lipinski definition) is 1. The second-order valence-corrected chi connectivity index (χ2v) is 6.29. The molecule has 0 saturated carbocycles. The number of nitrogens with zero attached hydrogens (tertiary/aromatic N) is 1. The fourth-order valence-electron chi connectivity index (χ4n) is 3.31. The van der Waals surface area contributed by atoms with Crippen molar-refractivity contribution in [2.45, 2.75) is 13.0 Å². The van der Waals surface area contributed by atoms with E-state index in [4.69, 9.17) is 0 Å². The Morgan fingerprint density at radius 2 is 1.54 bits per heavy atom. The third-order valence-corrected chi connectivity index (χ3v) is 4.59. The van der Waals surface area contributed by atoms with E-state index >= 15 is 0 Å². The van der Waals surface area contributed by atoms with Gasteiger partial charge in [0.1, 0.15) is 5.82 Å². The summed E-state index contributed by atoms with van der Waals surface area (Å²) in [6, 6.07) is 26.1. The number of carbonyl (C=O) groups excluding carboxylic acids is 1. The van der Waals surface area contributed by atoms with Gasteiger partial charge in [-0.05, 0) is 29.8 Å². The average molecular weight is 343 g/mol. The number of halogens is 1. The fraction of sp³-hybridized carbons (Fsp3) is 0.0870. The normalized spacial score (nSPS) is 11.0. The summed E-state index contributed by atoms with van der Waals surface area (Å²) in [5.74, 6) is -0.150. The van der Waals surface area contributed by atoms with E-state index in [2.05, 4.69) is 4.57 Å². The third kappa shape index (κ3) is 3.16. The van der Waals surface area contributed by atoms with E-state index < -0.39 is 0 Å². The van der Waals surface area contributed by atoms with Crippen LogP contribution in [0.25, 0.3) is 22.2 Å². The molecule has 1 aromatic heterocycles. The minimum absolute atomic E-state index is 0.105. The van der Waals surface area contributed by atoms with Crippen LogP contribution in [-0.4, -0.2) is 10.4 Å². The summed E-state index contributed by atoms with van der Waals surface area (Å²) in [6.07, 6.45) is 0.394. The highest BCUT2D eigenvalue weighted by molar-refractivity contribution is 5.96. The van der Waals surface area contributed by atoms with Gasteiger partial charge < -0.3 is 4.57 Å². The van der Waals surface area contributed by atoms with Crippen molar-refractivity contribution in [3.8, 4) is 11.3 Å². The van der Waals surface area contributed by atoms with Crippen molar-refractivity contribution in [3.63, 3.8) is 0 Å². The molecule has 0 N–H and O–H groups in total. The fourth-order valence-corrected chi connectivity index (χ4v) is 3.31. The van der Waals surface area contributed by atoms with E-state index in [1.807, 2.05) is 66.7 Å². The van der Waals surface area contributed by atoms with Gasteiger partial charge in [0.15, 0.2) is 5.78 Å². The molecule has 128 valence electrons. The molecule has 0 aliphatic rings. The van der Waals surface area contributed by atoms with Gasteiger partial charge in [-0.25, -0.2) is 4.39 Å². The van der Waals surface area contributed by atoms with E-state index in [-0.39, 0.29) is 11.6 Å². The number of aromatic nitrogens is 1. The Morgan fingerprint density at radius 3 is 2.27 bits per heavy atom. The molecule has 26 heavy (non-hydrogen) atoms. The van der Waals surface area contributed by atoms with Crippen molar-refractivity contribution >= 4 is 16.7 Å². The summed E-state index contributed by atoms with van der Waals surface area (Å²) in [5, 5.41) is 0.844. The van der Waals surface area contributed by atoms with Crippen LogP contribution in [0.4, 0.5) is 4.39 Å². The first kappa shape index (κ1) is 16.3. The Hall–Kier alpha value is -3.20. The number of carbonyl (C=O) groups is 1. The van der Waals surface area contributed by atoms with E-state index in [1.54, 1.807) is 6.07 Å². The maximum atomic E-state index is 13.7. The van der Waals surface area contributed by atoms with Crippen LogP contribution in [0.3, 0.4) is 0 Å². The first-order chi connectivity index (χ1) is 12.7. The van der Waals surface area contributed by atoms with Crippen LogP contribution in [0.15, 0.2) is 84.9 Å². The van der Waals surface area contributed by atoms with E-state index in [1.165, 1.54) is 12.1 Å². The van der Waals surface area contributed by atoms with Crippen molar-refractivity contribution in [2.24, 2.45) is 0 Å². The molecule has 0 unspecified atom stereocenters. The second-order valence-electron chi connectivity index (χ2n) is 6.29. The standard InChI is InChI=1S/C23H18FNO/c24-20-11-12-21-19(15-20)16-22(17-7-3-1-4-8-17)25(21)14-13-23(26)18-9-5-2-6-10-18/h1-12,15-16H,13-14H2. The van der Waals surface area contributed by atoms with Crippen molar-refractivity contribution in [1.29, 1.82) is 0 Å². The highest BCUT2D eigenvalue weighted by atomic mass is 19.1. The van der Waals surface area contributed by atoms with Crippen LogP contribution in [0.5, 0.6) is 0 Å². The van der Waals surface area contributed by atoms with Crippen LogP contribution >= 0.6 is 0 Å². The van der Waals surface area contributed by atoms with Gasteiger partial charge in [-0.1, -0.05) is 60.7 Å². The summed E-state index contributed by atoms with van der Waals surface area (Å²) >= 11 is 0. The number of ketones is 1. The molecule has 0 fully saturated rings. The zero-order valence-corrected chi connectivity index (χ0v) is 14.2. The molecule has 0 radical (unpaired) electrons. The largest absolute Gasteiger partial charge is 0.340 e. The minimum atomic E-state index is -0.255. The Balaban J connectivity index is 1.72. The van der Waals surface area contributed by atoms with Crippen molar-refractivity contribution in [1.82, 2.24) is 4.57 Å². The summed E-state index contributed by atoms with van der Waals surface area (Å²) < 4.78 is 15.8. The van der Waals surface area contributed by atoms with Gasteiger partial charge in [0.2, 0.25) is 0 Å². The molecular formula is C23H18FNO. The van der Waals surface area contributed by atoms with Gasteiger partial charge in [-0.3, -0.25) is 4.79 Å². The summed E-state index contributed by atoms with van der Waals surface area (Å²) in [5.41, 5.74) is 3.70. The van der Waals surface area contributed by atoms with Gasteiger partial charge in [0.05, 0.1) is 0 Å². The SMILES string of the molecule is O=C(CCn1c(-c2ccccc2)cc2cc(F)ccc21)c1ccccc1. The summed E-state index contributed by atoms with van der Waals surface area (Å²) in [4.78, 5) is 12.5. The zero-order valence-electron chi connectivity index (χ0n) is 14.2. The minimum Gasteiger partial charge on any atom is -0.340 e. The van der Waals surface area contributed by atoms with Crippen LogP contribution in [0.2, 0.25) is 0 Å². The van der Waals surface area contributed by atoms with Crippen molar-refractivity contribution in [3.05, 3.63) is 96.3 Å². The molecule has 0 amide bonds. The molecule has 2 nitrogen and oxygen atoms in total. The van der Waals surface area contributed by atoms with E-state index in [0.717, 1.165) is 27.7 Å². The molecule has 3 heteroatoms. The molecule has 4 rings (SSSR count). The Morgan fingerprint density at radius 1 is 0.846 bits per heavy atom. The quantitative estimate of drug-likeness (QED) is 0.425. The lowest BCUT2D eigenvalue weighted by molar-refractivity contribution is 0.0977. The summed E-state index contributed by atoms with van der Waals surface area (Å²) in [7, 11) is 0. The van der Waals surface area contributed by atoms with Gasteiger partial charge in [0, 0.05) is 35.1 Å². The molecule has 3 aromatic carbocycles. The predicted octanol–water partition coefficient (Wildman–Crippen LogP) is 5.72. The van der Waals surface area contributed by atoms with Crippen molar-refractivity contribution in [2.75, 3.05) is 0 Å². The summed E-state index contributed by atoms with van der Waals surface area (Å²) in [6.45, 7) is 0.549. The number of hydrogen-bond donors (Lipinski definition) is 0. The molecular weight excluding hydrogens is 325 g/mol. The highest BCUT2D eigenvalue weighted by Gasteiger charge is 2.13. The highest BCUT2D eigenvalue weighted by Crippen LogP contribution is 2.29. The van der Waals surface area contributed by atoms with E-state index in [0.29, 0.717) is 13.0 Å². The van der Waals surface area contributed by atoms with Crippen LogP contribution < -0.4 is 0 Å². The molecule has 0 aliphatic heterocycles. The third-order valence-electron chi connectivity index (χ3n) is 4.59. The second kappa shape index (κ2) is 6.96. The Labute approximate surface area is 151 Å². The maximum absolute atomic E-state index is 13.7. The van der Waals surface area contributed by atoms with Crippen LogP contribution in [0, 0.1) is 5.82 Å². The first-order valence-electron chi connectivity index (χ1n) is 8.65. The zero-order chi connectivity index (χ0) is 17.9. The average Bonchev–Trinajstić information content (AvgIpc) is 3.05. The smallest absolute Gasteiger partial charge is 0.164 e. The number of aryl methyl sites for hydroxylation is 1. The lowest BCUT2D eigenvalue weighted by Gasteiger charge is -2.11. The number of benzene rings is 3. The van der Waals surface area contributed by atoms with Gasteiger partial charge in [0.25, 0.3) is 0 Å². The van der Waals surface area contributed by atoms with E-state index in [9.17, 15) is 9.18 Å². The number of rotatable bonds is 5. The molecule has 4 aromatic rings. The Bertz CT molecular complexity index is 1050. The lowest BCUT2D eigenvalue weighted by atomic mass is 10.1. The lowest BCUT2D eigenvalue weighted by Crippen LogP contribution is -2.07. The predicted molar refractivity (Wildman–Crippen MR) is 103 cm³/mol. The molecule has 0 bridgehead atoms. The molecule has 0 aliphatic carbocycles. The number of Topliss-reactive ketones (excluding diaryl/α,β-unsaturated/α-hetero) is 1. The first-order valence-corrected chi connectivity index (χ1v) is 8.65. The molecule has 0 spiro atoms. The Kier molecular flexibility index (Phi) is 4.36. The topological polar surface area (TPSA) is 22.0 Å². The van der Waals surface area contributed by atoms with Crippen LogP contribution in [-0.2, 0) is 6.54 Å². The maximum Gasteiger partial charge on any atom is 0.164 e. The van der Waals surface area contributed by atoms with Gasteiger partial charge >= 0.3 is 0 Å². The van der Waals surface area contributed by atoms with Gasteiger partial charge in [-0.15, -0.1) is 0 Å². The van der Waals surface area contributed by atoms with Crippen molar-refractivity contribution < 1.29 is 9.18 Å². The van der Waals surface area contributed by atoms with Gasteiger partial charge in [-0.2, -0.15) is 0 Å². The molecule has 1 heterocycles. The number of fused-ring (bicyclic) bond motifs is 1. The molecule has 0 saturated heterocycles.